The molecule has 96 valence electrons. The maximum absolute atomic E-state index is 13.7. The molecular weight excluding hydrogens is 235 g/mol. The normalized spacial score (nSPS) is 12.4. The second kappa shape index (κ2) is 5.18. The van der Waals surface area contributed by atoms with Gasteiger partial charge in [-0.3, -0.25) is 0 Å². The molecule has 2 rings (SSSR count). The highest BCUT2D eigenvalue weighted by Crippen LogP contribution is 2.22. The lowest BCUT2D eigenvalue weighted by molar-refractivity contribution is 0.198. The molecule has 0 amide bonds. The predicted octanol–water partition coefficient (Wildman–Crippen LogP) is 2.19. The number of hydrogen-bond donors (Lipinski definition) is 1. The summed E-state index contributed by atoms with van der Waals surface area (Å²) in [5.41, 5.74) is 0.525. The molecule has 1 heterocycles. The molecule has 1 atom stereocenters. The minimum Gasteiger partial charge on any atom is -0.483 e. The van der Waals surface area contributed by atoms with Crippen molar-refractivity contribution < 1.29 is 14.2 Å². The number of ether oxygens (including phenoxy) is 1. The van der Waals surface area contributed by atoms with Crippen LogP contribution >= 0.6 is 0 Å². The number of imidazole rings is 1. The van der Waals surface area contributed by atoms with Crippen molar-refractivity contribution in [2.45, 2.75) is 19.6 Å². The lowest BCUT2D eigenvalue weighted by atomic mass is 10.1. The first-order valence-electron chi connectivity index (χ1n) is 5.64. The number of halogens is 1. The van der Waals surface area contributed by atoms with Gasteiger partial charge in [0.15, 0.2) is 11.6 Å². The molecule has 0 aliphatic rings. The van der Waals surface area contributed by atoms with Crippen LogP contribution in [0.2, 0.25) is 0 Å². The predicted molar refractivity (Wildman–Crippen MR) is 64.6 cm³/mol. The first-order valence-corrected chi connectivity index (χ1v) is 5.64. The van der Waals surface area contributed by atoms with Crippen LogP contribution in [0, 0.1) is 5.82 Å². The van der Waals surface area contributed by atoms with Crippen LogP contribution in [0.4, 0.5) is 4.39 Å². The van der Waals surface area contributed by atoms with E-state index in [4.69, 9.17) is 4.74 Å². The summed E-state index contributed by atoms with van der Waals surface area (Å²) in [5, 5.41) is 9.33. The van der Waals surface area contributed by atoms with E-state index in [1.807, 2.05) is 11.6 Å². The molecule has 5 heteroatoms. The smallest absolute Gasteiger partial charge is 0.165 e. The molecule has 0 bridgehead atoms. The van der Waals surface area contributed by atoms with E-state index in [2.05, 4.69) is 4.98 Å². The summed E-state index contributed by atoms with van der Waals surface area (Å²) in [7, 11) is 1.85. The van der Waals surface area contributed by atoms with Gasteiger partial charge in [0.25, 0.3) is 0 Å². The van der Waals surface area contributed by atoms with Gasteiger partial charge in [0.05, 0.1) is 6.10 Å². The minimum absolute atomic E-state index is 0.155. The summed E-state index contributed by atoms with van der Waals surface area (Å²) >= 11 is 0. The van der Waals surface area contributed by atoms with E-state index >= 15 is 0 Å². The second-order valence-electron chi connectivity index (χ2n) is 4.11. The van der Waals surface area contributed by atoms with Gasteiger partial charge in [0, 0.05) is 19.4 Å². The molecule has 1 aromatic carbocycles. The first-order chi connectivity index (χ1) is 8.58. The maximum Gasteiger partial charge on any atom is 0.165 e. The molecule has 0 radical (unpaired) electrons. The topological polar surface area (TPSA) is 47.3 Å². The Hall–Kier alpha value is -1.88. The van der Waals surface area contributed by atoms with Crippen LogP contribution in [0.25, 0.3) is 0 Å². The van der Waals surface area contributed by atoms with Crippen LogP contribution in [0.3, 0.4) is 0 Å². The van der Waals surface area contributed by atoms with Gasteiger partial charge in [0.2, 0.25) is 0 Å². The number of hydrogen-bond acceptors (Lipinski definition) is 3. The number of aromatic nitrogens is 2. The Labute approximate surface area is 105 Å². The molecular formula is C13H15FN2O2. The monoisotopic (exact) mass is 250 g/mol. The SMILES string of the molecule is C[C@H](O)c1ccc(OCc2nccn2C)c(F)c1. The van der Waals surface area contributed by atoms with E-state index in [1.54, 1.807) is 25.4 Å². The zero-order valence-electron chi connectivity index (χ0n) is 10.3. The van der Waals surface area contributed by atoms with E-state index < -0.39 is 11.9 Å². The number of nitrogens with zero attached hydrogens (tertiary/aromatic N) is 2. The highest BCUT2D eigenvalue weighted by molar-refractivity contribution is 5.30. The van der Waals surface area contributed by atoms with E-state index in [1.165, 1.54) is 12.1 Å². The molecule has 0 fully saturated rings. The Morgan fingerprint density at radius 1 is 1.50 bits per heavy atom. The average Bonchev–Trinajstić information content (AvgIpc) is 2.73. The molecule has 0 saturated heterocycles. The molecule has 0 unspecified atom stereocenters. The van der Waals surface area contributed by atoms with E-state index in [0.29, 0.717) is 11.4 Å². The zero-order valence-corrected chi connectivity index (χ0v) is 10.3. The molecule has 1 aromatic heterocycles. The van der Waals surface area contributed by atoms with Crippen molar-refractivity contribution in [2.75, 3.05) is 0 Å². The zero-order chi connectivity index (χ0) is 13.1. The van der Waals surface area contributed by atoms with Gasteiger partial charge in [0.1, 0.15) is 12.4 Å². The van der Waals surface area contributed by atoms with Crippen LogP contribution in [0.5, 0.6) is 5.75 Å². The van der Waals surface area contributed by atoms with E-state index in [9.17, 15) is 9.50 Å². The number of benzene rings is 1. The number of rotatable bonds is 4. The van der Waals surface area contributed by atoms with Crippen molar-refractivity contribution in [3.05, 3.63) is 47.8 Å². The van der Waals surface area contributed by atoms with Crippen molar-refractivity contribution in [3.63, 3.8) is 0 Å². The summed E-state index contributed by atoms with van der Waals surface area (Å²) in [4.78, 5) is 4.08. The second-order valence-corrected chi connectivity index (χ2v) is 4.11. The third-order valence-electron chi connectivity index (χ3n) is 2.72. The van der Waals surface area contributed by atoms with E-state index in [0.717, 1.165) is 0 Å². The molecule has 0 aliphatic heterocycles. The lowest BCUT2D eigenvalue weighted by Crippen LogP contribution is -2.04. The van der Waals surface area contributed by atoms with Gasteiger partial charge in [-0.2, -0.15) is 0 Å². The van der Waals surface area contributed by atoms with Gasteiger partial charge in [-0.25, -0.2) is 9.37 Å². The average molecular weight is 250 g/mol. The van der Waals surface area contributed by atoms with Gasteiger partial charge in [-0.15, -0.1) is 0 Å². The molecule has 0 saturated carbocycles. The molecule has 1 N–H and O–H groups in total. The van der Waals surface area contributed by atoms with Gasteiger partial charge >= 0.3 is 0 Å². The summed E-state index contributed by atoms with van der Waals surface area (Å²) in [6.07, 6.45) is 2.76. The Morgan fingerprint density at radius 2 is 2.28 bits per heavy atom. The Bertz CT molecular complexity index is 538. The summed E-state index contributed by atoms with van der Waals surface area (Å²) in [6.45, 7) is 1.79. The fourth-order valence-corrected chi connectivity index (χ4v) is 1.57. The van der Waals surface area contributed by atoms with Crippen molar-refractivity contribution in [3.8, 4) is 5.75 Å². The summed E-state index contributed by atoms with van der Waals surface area (Å²) in [6, 6.07) is 4.43. The van der Waals surface area contributed by atoms with Crippen LogP contribution in [-0.2, 0) is 13.7 Å². The molecule has 18 heavy (non-hydrogen) atoms. The van der Waals surface area contributed by atoms with Crippen molar-refractivity contribution in [2.24, 2.45) is 7.05 Å². The molecule has 0 aliphatic carbocycles. The Balaban J connectivity index is 2.08. The quantitative estimate of drug-likeness (QED) is 0.904. The Kier molecular flexibility index (Phi) is 3.62. The standard InChI is InChI=1S/C13H15FN2O2/c1-9(17)10-3-4-12(11(14)7-10)18-8-13-15-5-6-16(13)2/h3-7,9,17H,8H2,1-2H3/t9-/m0/s1. The minimum atomic E-state index is -0.692. The van der Waals surface area contributed by atoms with Gasteiger partial charge in [-0.1, -0.05) is 6.07 Å². The fourth-order valence-electron chi connectivity index (χ4n) is 1.57. The number of aliphatic hydroxyl groups is 1. The first kappa shape index (κ1) is 12.6. The van der Waals surface area contributed by atoms with Gasteiger partial charge < -0.3 is 14.4 Å². The van der Waals surface area contributed by atoms with Gasteiger partial charge in [-0.05, 0) is 24.6 Å². The van der Waals surface area contributed by atoms with Crippen LogP contribution in [-0.4, -0.2) is 14.7 Å². The van der Waals surface area contributed by atoms with E-state index in [-0.39, 0.29) is 12.4 Å². The number of aryl methyl sites for hydroxylation is 1. The molecule has 0 spiro atoms. The third-order valence-corrected chi connectivity index (χ3v) is 2.72. The Morgan fingerprint density at radius 3 is 2.83 bits per heavy atom. The highest BCUT2D eigenvalue weighted by atomic mass is 19.1. The highest BCUT2D eigenvalue weighted by Gasteiger charge is 2.09. The summed E-state index contributed by atoms with van der Waals surface area (Å²) < 4.78 is 20.8. The summed E-state index contributed by atoms with van der Waals surface area (Å²) in [5.74, 6) is 0.388. The third kappa shape index (κ3) is 2.68. The molecule has 4 nitrogen and oxygen atoms in total. The van der Waals surface area contributed by atoms with Crippen molar-refractivity contribution in [1.82, 2.24) is 9.55 Å². The van der Waals surface area contributed by atoms with Crippen LogP contribution in [0.15, 0.2) is 30.6 Å². The van der Waals surface area contributed by atoms with Crippen molar-refractivity contribution in [1.29, 1.82) is 0 Å². The molecule has 2 aromatic rings. The largest absolute Gasteiger partial charge is 0.483 e. The van der Waals surface area contributed by atoms with Crippen molar-refractivity contribution >= 4 is 0 Å². The number of aliphatic hydroxyl groups excluding tert-OH is 1. The van der Waals surface area contributed by atoms with Crippen LogP contribution < -0.4 is 4.74 Å². The lowest BCUT2D eigenvalue weighted by Gasteiger charge is -2.10. The maximum atomic E-state index is 13.7. The fraction of sp³-hybridized carbons (Fsp3) is 0.308. The van der Waals surface area contributed by atoms with Crippen LogP contribution in [0.1, 0.15) is 24.4 Å².